The molecule has 0 radical (unpaired) electrons. The molecule has 16 heavy (non-hydrogen) atoms. The van der Waals surface area contributed by atoms with Crippen LogP contribution in [-0.4, -0.2) is 27.7 Å². The standard InChI is InChI=1S/C11H12IN3O/c1-7(16)5-13-11-9-4-8(12)2-3-10(9)14-6-15-11/h2-4,6-7,16H,5H2,1H3,(H,13,14,15). The van der Waals surface area contributed by atoms with E-state index in [0.717, 1.165) is 20.3 Å². The van der Waals surface area contributed by atoms with Crippen molar-refractivity contribution in [3.05, 3.63) is 28.1 Å². The van der Waals surface area contributed by atoms with Crippen molar-refractivity contribution in [1.29, 1.82) is 0 Å². The maximum absolute atomic E-state index is 9.23. The van der Waals surface area contributed by atoms with Crippen molar-refractivity contribution in [2.24, 2.45) is 0 Å². The van der Waals surface area contributed by atoms with Crippen molar-refractivity contribution in [2.45, 2.75) is 13.0 Å². The van der Waals surface area contributed by atoms with Crippen LogP contribution in [0.15, 0.2) is 24.5 Å². The zero-order valence-corrected chi connectivity index (χ0v) is 11.0. The molecule has 5 heteroatoms. The van der Waals surface area contributed by atoms with Crippen molar-refractivity contribution in [2.75, 3.05) is 11.9 Å². The third kappa shape index (κ3) is 2.59. The van der Waals surface area contributed by atoms with E-state index >= 15 is 0 Å². The minimum absolute atomic E-state index is 0.396. The highest BCUT2D eigenvalue weighted by atomic mass is 127. The van der Waals surface area contributed by atoms with E-state index in [4.69, 9.17) is 0 Å². The molecular weight excluding hydrogens is 317 g/mol. The number of fused-ring (bicyclic) bond motifs is 1. The number of aromatic nitrogens is 2. The van der Waals surface area contributed by atoms with Gasteiger partial charge < -0.3 is 10.4 Å². The Morgan fingerprint density at radius 2 is 2.25 bits per heavy atom. The van der Waals surface area contributed by atoms with Gasteiger partial charge in [-0.3, -0.25) is 0 Å². The molecule has 2 aromatic rings. The van der Waals surface area contributed by atoms with Crippen molar-refractivity contribution in [1.82, 2.24) is 9.97 Å². The summed E-state index contributed by atoms with van der Waals surface area (Å²) in [6.07, 6.45) is 1.13. The first-order valence-corrected chi connectivity index (χ1v) is 6.07. The van der Waals surface area contributed by atoms with Gasteiger partial charge in [-0.1, -0.05) is 0 Å². The Hall–Kier alpha value is -0.950. The van der Waals surface area contributed by atoms with Crippen LogP contribution in [0, 0.1) is 3.57 Å². The molecule has 1 atom stereocenters. The van der Waals surface area contributed by atoms with Gasteiger partial charge in [0.05, 0.1) is 11.6 Å². The normalized spacial score (nSPS) is 12.7. The average molecular weight is 329 g/mol. The molecule has 0 aliphatic carbocycles. The average Bonchev–Trinajstić information content (AvgIpc) is 2.26. The Bertz CT molecular complexity index is 502. The lowest BCUT2D eigenvalue weighted by molar-refractivity contribution is 0.208. The summed E-state index contributed by atoms with van der Waals surface area (Å²) in [4.78, 5) is 8.38. The van der Waals surface area contributed by atoms with Gasteiger partial charge in [0.1, 0.15) is 12.1 Å². The summed E-state index contributed by atoms with van der Waals surface area (Å²) in [7, 11) is 0. The van der Waals surface area contributed by atoms with Crippen LogP contribution >= 0.6 is 22.6 Å². The van der Waals surface area contributed by atoms with Gasteiger partial charge in [0, 0.05) is 15.5 Å². The fraction of sp³-hybridized carbons (Fsp3) is 0.273. The predicted molar refractivity (Wildman–Crippen MR) is 72.4 cm³/mol. The molecule has 0 saturated heterocycles. The predicted octanol–water partition coefficient (Wildman–Crippen LogP) is 2.03. The molecule has 0 aliphatic rings. The number of benzene rings is 1. The highest BCUT2D eigenvalue weighted by molar-refractivity contribution is 14.1. The number of aliphatic hydroxyl groups excluding tert-OH is 1. The van der Waals surface area contributed by atoms with Crippen molar-refractivity contribution in [3.63, 3.8) is 0 Å². The molecule has 0 amide bonds. The van der Waals surface area contributed by atoms with Crippen LogP contribution in [0.3, 0.4) is 0 Å². The van der Waals surface area contributed by atoms with Crippen molar-refractivity contribution >= 4 is 39.3 Å². The Kier molecular flexibility index (Phi) is 3.55. The van der Waals surface area contributed by atoms with E-state index < -0.39 is 6.10 Å². The van der Waals surface area contributed by atoms with E-state index in [1.807, 2.05) is 18.2 Å². The number of halogens is 1. The molecule has 0 aliphatic heterocycles. The van der Waals surface area contributed by atoms with Crippen molar-refractivity contribution < 1.29 is 5.11 Å². The maximum atomic E-state index is 9.23. The Balaban J connectivity index is 2.40. The van der Waals surface area contributed by atoms with Gasteiger partial charge in [-0.25, -0.2) is 9.97 Å². The van der Waals surface area contributed by atoms with Crippen LogP contribution < -0.4 is 5.32 Å². The molecule has 0 saturated carbocycles. The summed E-state index contributed by atoms with van der Waals surface area (Å²) >= 11 is 2.25. The molecule has 4 nitrogen and oxygen atoms in total. The first kappa shape index (κ1) is 11.5. The van der Waals surface area contributed by atoms with E-state index in [2.05, 4.69) is 37.9 Å². The van der Waals surface area contributed by atoms with E-state index in [1.165, 1.54) is 6.33 Å². The van der Waals surface area contributed by atoms with Gasteiger partial charge in [-0.2, -0.15) is 0 Å². The third-order valence-corrected chi connectivity index (χ3v) is 2.83. The Morgan fingerprint density at radius 1 is 1.44 bits per heavy atom. The minimum Gasteiger partial charge on any atom is -0.392 e. The Labute approximate surface area is 107 Å². The number of anilines is 1. The molecule has 0 bridgehead atoms. The van der Waals surface area contributed by atoms with Gasteiger partial charge in [0.15, 0.2) is 0 Å². The summed E-state index contributed by atoms with van der Waals surface area (Å²) in [6, 6.07) is 6.00. The van der Waals surface area contributed by atoms with Gasteiger partial charge in [-0.15, -0.1) is 0 Å². The molecule has 1 heterocycles. The SMILES string of the molecule is CC(O)CNc1ncnc2ccc(I)cc12. The van der Waals surface area contributed by atoms with Gasteiger partial charge in [-0.05, 0) is 47.7 Å². The monoisotopic (exact) mass is 329 g/mol. The second kappa shape index (κ2) is 4.92. The number of nitrogens with one attached hydrogen (secondary N) is 1. The summed E-state index contributed by atoms with van der Waals surface area (Å²) in [5, 5.41) is 13.3. The lowest BCUT2D eigenvalue weighted by atomic mass is 10.2. The smallest absolute Gasteiger partial charge is 0.137 e. The number of hydrogen-bond acceptors (Lipinski definition) is 4. The van der Waals surface area contributed by atoms with Crippen molar-refractivity contribution in [3.8, 4) is 0 Å². The largest absolute Gasteiger partial charge is 0.392 e. The third-order valence-electron chi connectivity index (χ3n) is 2.16. The second-order valence-corrected chi connectivity index (χ2v) is 4.86. The van der Waals surface area contributed by atoms with Gasteiger partial charge in [0.25, 0.3) is 0 Å². The fourth-order valence-corrected chi connectivity index (χ4v) is 1.91. The fourth-order valence-electron chi connectivity index (χ4n) is 1.41. The van der Waals surface area contributed by atoms with E-state index in [-0.39, 0.29) is 0 Å². The lowest BCUT2D eigenvalue weighted by Gasteiger charge is -2.09. The zero-order valence-electron chi connectivity index (χ0n) is 8.81. The topological polar surface area (TPSA) is 58.0 Å². The first-order chi connectivity index (χ1) is 7.66. The summed E-state index contributed by atoms with van der Waals surface area (Å²) in [6.45, 7) is 2.22. The van der Waals surface area contributed by atoms with E-state index in [1.54, 1.807) is 6.92 Å². The van der Waals surface area contributed by atoms with Gasteiger partial charge in [0.2, 0.25) is 0 Å². The number of nitrogens with zero attached hydrogens (tertiary/aromatic N) is 2. The molecule has 1 aromatic heterocycles. The highest BCUT2D eigenvalue weighted by Crippen LogP contribution is 2.21. The van der Waals surface area contributed by atoms with Crippen LogP contribution in [0.2, 0.25) is 0 Å². The van der Waals surface area contributed by atoms with Crippen LogP contribution in [0.5, 0.6) is 0 Å². The lowest BCUT2D eigenvalue weighted by Crippen LogP contribution is -2.16. The van der Waals surface area contributed by atoms with Crippen LogP contribution in [0.1, 0.15) is 6.92 Å². The molecule has 1 unspecified atom stereocenters. The highest BCUT2D eigenvalue weighted by Gasteiger charge is 2.04. The van der Waals surface area contributed by atoms with Crippen LogP contribution in [0.4, 0.5) is 5.82 Å². The maximum Gasteiger partial charge on any atom is 0.137 e. The summed E-state index contributed by atoms with van der Waals surface area (Å²) in [5.74, 6) is 0.768. The first-order valence-electron chi connectivity index (χ1n) is 4.99. The summed E-state index contributed by atoms with van der Waals surface area (Å²) < 4.78 is 1.14. The molecule has 84 valence electrons. The van der Waals surface area contributed by atoms with Gasteiger partial charge >= 0.3 is 0 Å². The molecular formula is C11H12IN3O. The molecule has 2 N–H and O–H groups in total. The Morgan fingerprint density at radius 3 is 3.00 bits per heavy atom. The molecule has 2 rings (SSSR count). The number of aliphatic hydroxyl groups is 1. The van der Waals surface area contributed by atoms with E-state index in [0.29, 0.717) is 6.54 Å². The summed E-state index contributed by atoms with van der Waals surface area (Å²) in [5.41, 5.74) is 0.906. The quantitative estimate of drug-likeness (QED) is 0.846. The minimum atomic E-state index is -0.396. The number of hydrogen-bond donors (Lipinski definition) is 2. The van der Waals surface area contributed by atoms with Crippen LogP contribution in [-0.2, 0) is 0 Å². The van der Waals surface area contributed by atoms with E-state index in [9.17, 15) is 5.11 Å². The van der Waals surface area contributed by atoms with Crippen LogP contribution in [0.25, 0.3) is 10.9 Å². The molecule has 1 aromatic carbocycles. The molecule has 0 spiro atoms. The zero-order chi connectivity index (χ0) is 11.5. The second-order valence-electron chi connectivity index (χ2n) is 3.61. The molecule has 0 fully saturated rings. The number of rotatable bonds is 3.